The van der Waals surface area contributed by atoms with Gasteiger partial charge in [-0.05, 0) is 63.4 Å². The highest BCUT2D eigenvalue weighted by atomic mass is 16.2. The Morgan fingerprint density at radius 1 is 1.29 bits per heavy atom. The third kappa shape index (κ3) is 3.54. The Morgan fingerprint density at radius 3 is 2.75 bits per heavy atom. The minimum absolute atomic E-state index is 0.0473. The Morgan fingerprint density at radius 2 is 2.04 bits per heavy atom. The zero-order valence-electron chi connectivity index (χ0n) is 14.5. The van der Waals surface area contributed by atoms with Crippen molar-refractivity contribution in [2.45, 2.75) is 38.3 Å². The lowest BCUT2D eigenvalue weighted by molar-refractivity contribution is 0.0525. The van der Waals surface area contributed by atoms with Crippen LogP contribution in [0.4, 0.5) is 4.79 Å². The quantitative estimate of drug-likeness (QED) is 0.909. The summed E-state index contributed by atoms with van der Waals surface area (Å²) in [6.45, 7) is 5.02. The third-order valence-electron chi connectivity index (χ3n) is 5.41. The van der Waals surface area contributed by atoms with Crippen molar-refractivity contribution in [2.75, 3.05) is 26.7 Å². The molecule has 5 heteroatoms. The maximum absolute atomic E-state index is 12.8. The molecule has 0 aromatic heterocycles. The van der Waals surface area contributed by atoms with Crippen LogP contribution in [0.1, 0.15) is 43.4 Å². The Bertz CT molecular complexity index is 621. The maximum atomic E-state index is 12.8. The van der Waals surface area contributed by atoms with Gasteiger partial charge < -0.3 is 15.1 Å². The molecule has 2 amide bonds. The van der Waals surface area contributed by atoms with E-state index in [4.69, 9.17) is 5.26 Å². The number of carbonyl (C=O) groups is 1. The van der Waals surface area contributed by atoms with Gasteiger partial charge in [0.1, 0.15) is 0 Å². The molecule has 3 atom stereocenters. The lowest BCUT2D eigenvalue weighted by Crippen LogP contribution is -2.57. The van der Waals surface area contributed by atoms with Crippen LogP contribution < -0.4 is 5.32 Å². The number of hydrogen-bond donors (Lipinski definition) is 1. The summed E-state index contributed by atoms with van der Waals surface area (Å²) in [5.74, 6) is 0.605. The van der Waals surface area contributed by atoms with E-state index in [0.29, 0.717) is 17.5 Å². The number of likely N-dealkylation sites (tertiary alicyclic amines) is 2. The van der Waals surface area contributed by atoms with Crippen LogP contribution in [-0.4, -0.2) is 48.6 Å². The Hall–Kier alpha value is -2.06. The largest absolute Gasteiger partial charge is 0.331 e. The molecular formula is C19H26N4O. The van der Waals surface area contributed by atoms with E-state index in [1.807, 2.05) is 19.1 Å². The van der Waals surface area contributed by atoms with Crippen LogP contribution in [0, 0.1) is 17.2 Å². The fourth-order valence-electron chi connectivity index (χ4n) is 4.04. The number of fused-ring (bicyclic) bond motifs is 1. The average Bonchev–Trinajstić information content (AvgIpc) is 2.60. The molecule has 5 nitrogen and oxygen atoms in total. The molecule has 2 saturated heterocycles. The number of carbonyl (C=O) groups excluding carboxylic acids is 1. The SMILES string of the molecule is C[C@H](NC(=O)N1CCC[C@H]2CN(C)CC[C@H]21)c1ccc(C#N)cc1. The van der Waals surface area contributed by atoms with Gasteiger partial charge in [-0.15, -0.1) is 0 Å². The maximum Gasteiger partial charge on any atom is 0.318 e. The highest BCUT2D eigenvalue weighted by Crippen LogP contribution is 2.30. The van der Waals surface area contributed by atoms with Crippen molar-refractivity contribution in [3.05, 3.63) is 35.4 Å². The fraction of sp³-hybridized carbons (Fsp3) is 0.579. The number of nitrogens with zero attached hydrogens (tertiary/aromatic N) is 3. The first-order chi connectivity index (χ1) is 11.6. The first kappa shape index (κ1) is 16.8. The van der Waals surface area contributed by atoms with Gasteiger partial charge >= 0.3 is 6.03 Å². The summed E-state index contributed by atoms with van der Waals surface area (Å²) >= 11 is 0. The number of nitrogens with one attached hydrogen (secondary N) is 1. The zero-order chi connectivity index (χ0) is 17.1. The van der Waals surface area contributed by atoms with Crippen molar-refractivity contribution in [3.63, 3.8) is 0 Å². The van der Waals surface area contributed by atoms with Crippen molar-refractivity contribution in [1.82, 2.24) is 15.1 Å². The van der Waals surface area contributed by atoms with E-state index in [2.05, 4.69) is 28.2 Å². The van der Waals surface area contributed by atoms with Crippen LogP contribution in [0.5, 0.6) is 0 Å². The number of benzene rings is 1. The van der Waals surface area contributed by atoms with Gasteiger partial charge in [-0.3, -0.25) is 0 Å². The van der Waals surface area contributed by atoms with Gasteiger partial charge in [0.05, 0.1) is 17.7 Å². The number of piperidine rings is 2. The molecule has 128 valence electrons. The van der Waals surface area contributed by atoms with E-state index in [-0.39, 0.29) is 12.1 Å². The van der Waals surface area contributed by atoms with Crippen LogP contribution in [0.3, 0.4) is 0 Å². The summed E-state index contributed by atoms with van der Waals surface area (Å²) in [6, 6.07) is 9.91. The van der Waals surface area contributed by atoms with Gasteiger partial charge in [-0.25, -0.2) is 4.79 Å². The summed E-state index contributed by atoms with van der Waals surface area (Å²) in [7, 11) is 2.17. The molecule has 1 N–H and O–H groups in total. The molecule has 0 spiro atoms. The molecule has 2 aliphatic heterocycles. The highest BCUT2D eigenvalue weighted by molar-refractivity contribution is 5.75. The molecular weight excluding hydrogens is 300 g/mol. The van der Waals surface area contributed by atoms with E-state index in [1.54, 1.807) is 12.1 Å². The Kier molecular flexibility index (Phi) is 5.06. The van der Waals surface area contributed by atoms with E-state index in [0.717, 1.165) is 38.0 Å². The standard InChI is InChI=1S/C19H26N4O/c1-14(16-7-5-15(12-20)6-8-16)21-19(24)23-10-3-4-17-13-22(2)11-9-18(17)23/h5-8,14,17-18H,3-4,9-11,13H2,1-2H3,(H,21,24)/t14-,17-,18+/m0/s1. The summed E-state index contributed by atoms with van der Waals surface area (Å²) in [5, 5.41) is 12.0. The summed E-state index contributed by atoms with van der Waals surface area (Å²) < 4.78 is 0. The molecule has 0 saturated carbocycles. The monoisotopic (exact) mass is 326 g/mol. The number of nitriles is 1. The van der Waals surface area contributed by atoms with Gasteiger partial charge in [0.2, 0.25) is 0 Å². The molecule has 24 heavy (non-hydrogen) atoms. The number of amides is 2. The van der Waals surface area contributed by atoms with Gasteiger partial charge in [-0.1, -0.05) is 12.1 Å². The first-order valence-electron chi connectivity index (χ1n) is 8.84. The van der Waals surface area contributed by atoms with Crippen molar-refractivity contribution in [1.29, 1.82) is 5.26 Å². The lowest BCUT2D eigenvalue weighted by atomic mass is 9.84. The normalized spacial score (nSPS) is 25.5. The van der Waals surface area contributed by atoms with E-state index >= 15 is 0 Å². The summed E-state index contributed by atoms with van der Waals surface area (Å²) in [6.07, 6.45) is 3.39. The van der Waals surface area contributed by atoms with Crippen LogP contribution in [0.15, 0.2) is 24.3 Å². The predicted molar refractivity (Wildman–Crippen MR) is 93.4 cm³/mol. The van der Waals surface area contributed by atoms with Crippen LogP contribution >= 0.6 is 0 Å². The van der Waals surface area contributed by atoms with Gasteiger partial charge in [-0.2, -0.15) is 5.26 Å². The van der Waals surface area contributed by atoms with Gasteiger partial charge in [0.25, 0.3) is 0 Å². The molecule has 2 fully saturated rings. The van der Waals surface area contributed by atoms with Crippen molar-refractivity contribution in [2.24, 2.45) is 5.92 Å². The summed E-state index contributed by atoms with van der Waals surface area (Å²) in [5.41, 5.74) is 1.67. The van der Waals surface area contributed by atoms with E-state index in [9.17, 15) is 4.79 Å². The predicted octanol–water partition coefficient (Wildman–Crippen LogP) is 2.74. The second-order valence-corrected chi connectivity index (χ2v) is 7.12. The van der Waals surface area contributed by atoms with Crippen LogP contribution in [0.25, 0.3) is 0 Å². The average molecular weight is 326 g/mol. The molecule has 2 aliphatic rings. The van der Waals surface area contributed by atoms with Crippen LogP contribution in [-0.2, 0) is 0 Å². The second-order valence-electron chi connectivity index (χ2n) is 7.12. The van der Waals surface area contributed by atoms with E-state index in [1.165, 1.54) is 6.42 Å². The molecule has 3 rings (SSSR count). The molecule has 0 radical (unpaired) electrons. The molecule has 0 aliphatic carbocycles. The van der Waals surface area contributed by atoms with Crippen molar-refractivity contribution < 1.29 is 4.79 Å². The third-order valence-corrected chi connectivity index (χ3v) is 5.41. The van der Waals surface area contributed by atoms with Crippen molar-refractivity contribution in [3.8, 4) is 6.07 Å². The zero-order valence-corrected chi connectivity index (χ0v) is 14.5. The smallest absolute Gasteiger partial charge is 0.318 e. The minimum atomic E-state index is -0.0584. The van der Waals surface area contributed by atoms with Gasteiger partial charge in [0.15, 0.2) is 0 Å². The number of urea groups is 1. The number of hydrogen-bond acceptors (Lipinski definition) is 3. The van der Waals surface area contributed by atoms with Gasteiger partial charge in [0, 0.05) is 19.1 Å². The fourth-order valence-corrected chi connectivity index (χ4v) is 4.04. The molecule has 2 heterocycles. The molecule has 0 unspecified atom stereocenters. The lowest BCUT2D eigenvalue weighted by Gasteiger charge is -2.46. The van der Waals surface area contributed by atoms with Crippen molar-refractivity contribution >= 4 is 6.03 Å². The second kappa shape index (κ2) is 7.23. The summed E-state index contributed by atoms with van der Waals surface area (Å²) in [4.78, 5) is 17.2. The Labute approximate surface area is 144 Å². The topological polar surface area (TPSA) is 59.4 Å². The van der Waals surface area contributed by atoms with E-state index < -0.39 is 0 Å². The number of rotatable bonds is 2. The Balaban J connectivity index is 1.64. The minimum Gasteiger partial charge on any atom is -0.331 e. The first-order valence-corrected chi connectivity index (χ1v) is 8.84. The molecule has 1 aromatic carbocycles. The molecule has 0 bridgehead atoms. The highest BCUT2D eigenvalue weighted by Gasteiger charge is 2.37. The molecule has 1 aromatic rings. The van der Waals surface area contributed by atoms with Crippen LogP contribution in [0.2, 0.25) is 0 Å².